The number of methoxy groups -OCH3 is 1. The van der Waals surface area contributed by atoms with E-state index >= 15 is 0 Å². The number of aromatic nitrogens is 2. The second-order valence-electron chi connectivity index (χ2n) is 6.01. The maximum atomic E-state index is 12.7. The maximum absolute atomic E-state index is 12.7. The van der Waals surface area contributed by atoms with E-state index in [-0.39, 0.29) is 16.7 Å². The molecule has 3 rings (SSSR count). The van der Waals surface area contributed by atoms with Gasteiger partial charge in [0.25, 0.3) is 11.8 Å². The van der Waals surface area contributed by atoms with E-state index in [1.165, 1.54) is 4.68 Å². The van der Waals surface area contributed by atoms with Gasteiger partial charge in [-0.3, -0.25) is 19.6 Å². The van der Waals surface area contributed by atoms with Gasteiger partial charge in [-0.25, -0.2) is 0 Å². The first-order valence-corrected chi connectivity index (χ1v) is 9.03. The molecule has 0 aliphatic rings. The summed E-state index contributed by atoms with van der Waals surface area (Å²) >= 11 is 5.20. The van der Waals surface area contributed by atoms with Gasteiger partial charge in [0.2, 0.25) is 0 Å². The Balaban J connectivity index is 1.68. The lowest BCUT2D eigenvalue weighted by atomic mass is 10.1. The molecule has 2 amide bonds. The van der Waals surface area contributed by atoms with Crippen LogP contribution in [0.2, 0.25) is 0 Å². The van der Waals surface area contributed by atoms with Gasteiger partial charge < -0.3 is 15.4 Å². The monoisotopic (exact) mass is 409 g/mol. The molecule has 0 saturated carbocycles. The van der Waals surface area contributed by atoms with Crippen molar-refractivity contribution in [2.75, 3.05) is 17.7 Å². The Labute approximate surface area is 172 Å². The average molecular weight is 409 g/mol. The molecule has 1 aromatic heterocycles. The number of ether oxygens (including phenoxy) is 1. The molecular formula is C20H19N5O3S. The lowest BCUT2D eigenvalue weighted by Gasteiger charge is -2.13. The molecule has 9 heteroatoms. The number of nitrogens with zero attached hydrogens (tertiary/aromatic N) is 2. The molecule has 0 unspecified atom stereocenters. The van der Waals surface area contributed by atoms with Crippen LogP contribution in [0.4, 0.5) is 11.4 Å². The van der Waals surface area contributed by atoms with Crippen LogP contribution in [0, 0.1) is 0 Å². The molecule has 0 saturated heterocycles. The Bertz CT molecular complexity index is 1050. The second kappa shape index (κ2) is 8.98. The van der Waals surface area contributed by atoms with Crippen LogP contribution in [0.3, 0.4) is 0 Å². The van der Waals surface area contributed by atoms with Crippen molar-refractivity contribution in [2.45, 2.75) is 0 Å². The lowest BCUT2D eigenvalue weighted by Crippen LogP contribution is -2.35. The van der Waals surface area contributed by atoms with Gasteiger partial charge in [-0.2, -0.15) is 5.10 Å². The molecule has 148 valence electrons. The van der Waals surface area contributed by atoms with Gasteiger partial charge in [-0.15, -0.1) is 0 Å². The number of aryl methyl sites for hydroxylation is 1. The molecule has 0 aliphatic carbocycles. The van der Waals surface area contributed by atoms with Crippen molar-refractivity contribution in [3.8, 4) is 5.75 Å². The highest BCUT2D eigenvalue weighted by atomic mass is 32.1. The third-order valence-corrected chi connectivity index (χ3v) is 4.15. The first-order valence-electron chi connectivity index (χ1n) is 8.62. The number of anilines is 2. The zero-order chi connectivity index (χ0) is 20.8. The van der Waals surface area contributed by atoms with Crippen LogP contribution in [0.25, 0.3) is 0 Å². The molecule has 2 aromatic carbocycles. The standard InChI is InChI=1S/C20H19N5O3S/c1-25-12-11-17(24-25)19(27)23-20(29)22-16-6-4-3-5-15(16)18(26)21-13-7-9-14(28-2)10-8-13/h3-12H,1-2H3,(H,21,26)(H2,22,23,27,29). The maximum Gasteiger partial charge on any atom is 0.277 e. The predicted molar refractivity (Wildman–Crippen MR) is 114 cm³/mol. The van der Waals surface area contributed by atoms with Crippen LogP contribution in [0.5, 0.6) is 5.75 Å². The molecule has 8 nitrogen and oxygen atoms in total. The second-order valence-corrected chi connectivity index (χ2v) is 6.42. The summed E-state index contributed by atoms with van der Waals surface area (Å²) in [6, 6.07) is 15.4. The third kappa shape index (κ3) is 5.17. The van der Waals surface area contributed by atoms with Crippen LogP contribution >= 0.6 is 12.2 Å². The SMILES string of the molecule is COc1ccc(NC(=O)c2ccccc2NC(=S)NC(=O)c2ccn(C)n2)cc1. The summed E-state index contributed by atoms with van der Waals surface area (Å²) < 4.78 is 6.63. The van der Waals surface area contributed by atoms with Gasteiger partial charge in [-0.1, -0.05) is 12.1 Å². The Hall–Kier alpha value is -3.72. The van der Waals surface area contributed by atoms with Gasteiger partial charge >= 0.3 is 0 Å². The van der Waals surface area contributed by atoms with E-state index in [2.05, 4.69) is 21.0 Å². The van der Waals surface area contributed by atoms with E-state index in [1.54, 1.807) is 75.0 Å². The number of amides is 2. The molecule has 29 heavy (non-hydrogen) atoms. The minimum Gasteiger partial charge on any atom is -0.497 e. The summed E-state index contributed by atoms with van der Waals surface area (Å²) in [6.07, 6.45) is 1.66. The van der Waals surface area contributed by atoms with Crippen molar-refractivity contribution in [2.24, 2.45) is 7.05 Å². The first-order chi connectivity index (χ1) is 14.0. The third-order valence-electron chi connectivity index (χ3n) is 3.94. The van der Waals surface area contributed by atoms with Gasteiger partial charge in [0.1, 0.15) is 5.75 Å². The Morgan fingerprint density at radius 1 is 1.00 bits per heavy atom. The van der Waals surface area contributed by atoms with Crippen LogP contribution in [0.15, 0.2) is 60.8 Å². The molecule has 1 heterocycles. The Morgan fingerprint density at radius 3 is 2.38 bits per heavy atom. The molecule has 0 atom stereocenters. The van der Waals surface area contributed by atoms with Crippen molar-refractivity contribution >= 4 is 40.5 Å². The van der Waals surface area contributed by atoms with Crippen LogP contribution in [-0.4, -0.2) is 33.8 Å². The zero-order valence-electron chi connectivity index (χ0n) is 15.8. The fraction of sp³-hybridized carbons (Fsp3) is 0.100. The average Bonchev–Trinajstić information content (AvgIpc) is 3.15. The summed E-state index contributed by atoms with van der Waals surface area (Å²) in [7, 11) is 3.29. The minimum atomic E-state index is -0.441. The van der Waals surface area contributed by atoms with Gasteiger partial charge in [0.05, 0.1) is 18.4 Å². The number of hydrogen-bond donors (Lipinski definition) is 3. The summed E-state index contributed by atoms with van der Waals surface area (Å²) in [5, 5.41) is 12.3. The summed E-state index contributed by atoms with van der Waals surface area (Å²) in [5.74, 6) is -0.0700. The van der Waals surface area contributed by atoms with E-state index in [4.69, 9.17) is 17.0 Å². The van der Waals surface area contributed by atoms with E-state index in [1.807, 2.05) is 0 Å². The largest absolute Gasteiger partial charge is 0.497 e. The molecule has 3 aromatic rings. The number of nitrogens with one attached hydrogen (secondary N) is 3. The number of thiocarbonyl (C=S) groups is 1. The Kier molecular flexibility index (Phi) is 6.20. The van der Waals surface area contributed by atoms with Gasteiger partial charge in [0.15, 0.2) is 10.8 Å². The summed E-state index contributed by atoms with van der Waals surface area (Å²) in [6.45, 7) is 0. The number of carbonyl (C=O) groups is 2. The van der Waals surface area contributed by atoms with Crippen molar-refractivity contribution in [3.63, 3.8) is 0 Å². The highest BCUT2D eigenvalue weighted by Crippen LogP contribution is 2.19. The topological polar surface area (TPSA) is 97.3 Å². The molecule has 3 N–H and O–H groups in total. The molecule has 0 aliphatic heterocycles. The Morgan fingerprint density at radius 2 is 1.72 bits per heavy atom. The highest BCUT2D eigenvalue weighted by molar-refractivity contribution is 7.80. The van der Waals surface area contributed by atoms with Gasteiger partial charge in [-0.05, 0) is 54.7 Å². The van der Waals surface area contributed by atoms with Crippen LogP contribution in [-0.2, 0) is 7.05 Å². The molecule has 0 fully saturated rings. The van der Waals surface area contributed by atoms with Crippen LogP contribution in [0.1, 0.15) is 20.8 Å². The van der Waals surface area contributed by atoms with E-state index < -0.39 is 5.91 Å². The van der Waals surface area contributed by atoms with E-state index in [0.717, 1.165) is 0 Å². The number of para-hydroxylation sites is 1. The number of carbonyl (C=O) groups excluding carboxylic acids is 2. The number of rotatable bonds is 5. The van der Waals surface area contributed by atoms with Crippen molar-refractivity contribution < 1.29 is 14.3 Å². The van der Waals surface area contributed by atoms with Crippen molar-refractivity contribution in [1.29, 1.82) is 0 Å². The smallest absolute Gasteiger partial charge is 0.277 e. The molecule has 0 spiro atoms. The summed E-state index contributed by atoms with van der Waals surface area (Å²) in [5.41, 5.74) is 1.70. The van der Waals surface area contributed by atoms with E-state index in [9.17, 15) is 9.59 Å². The fourth-order valence-corrected chi connectivity index (χ4v) is 2.72. The number of hydrogen-bond acceptors (Lipinski definition) is 5. The molecular weight excluding hydrogens is 390 g/mol. The lowest BCUT2D eigenvalue weighted by molar-refractivity contribution is 0.0971. The summed E-state index contributed by atoms with van der Waals surface area (Å²) in [4.78, 5) is 24.9. The first kappa shape index (κ1) is 20.0. The van der Waals surface area contributed by atoms with Crippen molar-refractivity contribution in [3.05, 3.63) is 72.1 Å². The quantitative estimate of drug-likeness (QED) is 0.561. The predicted octanol–water partition coefficient (Wildman–Crippen LogP) is 2.81. The normalized spacial score (nSPS) is 10.1. The van der Waals surface area contributed by atoms with E-state index in [0.29, 0.717) is 22.7 Å². The van der Waals surface area contributed by atoms with Crippen molar-refractivity contribution in [1.82, 2.24) is 15.1 Å². The highest BCUT2D eigenvalue weighted by Gasteiger charge is 2.15. The minimum absolute atomic E-state index is 0.0605. The fourth-order valence-electron chi connectivity index (χ4n) is 2.52. The van der Waals surface area contributed by atoms with Crippen LogP contribution < -0.4 is 20.7 Å². The van der Waals surface area contributed by atoms with Gasteiger partial charge in [0, 0.05) is 18.9 Å². The molecule has 0 bridgehead atoms. The number of benzene rings is 2. The zero-order valence-corrected chi connectivity index (χ0v) is 16.6. The molecule has 0 radical (unpaired) electrons.